The molecule has 7 heteroatoms. The van der Waals surface area contributed by atoms with Crippen LogP contribution in [0.4, 0.5) is 5.69 Å². The van der Waals surface area contributed by atoms with Crippen LogP contribution >= 0.6 is 23.6 Å². The van der Waals surface area contributed by atoms with Crippen molar-refractivity contribution in [3.05, 3.63) is 51.7 Å². The molecule has 1 aliphatic heterocycles. The van der Waals surface area contributed by atoms with E-state index in [-0.39, 0.29) is 10.7 Å². The smallest absolute Gasteiger partial charge is 0.270 e. The van der Waals surface area contributed by atoms with Gasteiger partial charge in [0.25, 0.3) is 11.8 Å². The number of hydrogen-bond donors (Lipinski definition) is 1. The second-order valence-corrected chi connectivity index (χ2v) is 6.81. The molecule has 0 bridgehead atoms. The van der Waals surface area contributed by atoms with Crippen molar-refractivity contribution < 1.29 is 14.3 Å². The van der Waals surface area contributed by atoms with Crippen molar-refractivity contribution >= 4 is 52.2 Å². The van der Waals surface area contributed by atoms with Gasteiger partial charge in [-0.25, -0.2) is 0 Å². The molecule has 0 spiro atoms. The van der Waals surface area contributed by atoms with Crippen molar-refractivity contribution in [3.63, 3.8) is 0 Å². The molecular formula is C17H14N2O3S2. The number of ether oxygens (including phenoxy) is 1. The molecule has 1 fully saturated rings. The minimum atomic E-state index is -0.491. The molecule has 0 atom stereocenters. The van der Waals surface area contributed by atoms with Gasteiger partial charge < -0.3 is 4.74 Å². The molecule has 1 N–H and O–H groups in total. The number of nitrogens with zero attached hydrogens (tertiary/aromatic N) is 1. The van der Waals surface area contributed by atoms with Gasteiger partial charge in [0.05, 0.1) is 12.8 Å². The molecule has 0 saturated carbocycles. The first-order valence-corrected chi connectivity index (χ1v) is 8.34. The standard InChI is InChI=1S/C17H14N2O3S2/c1-10-6-7-13(24-10)9-14-15(20)18-17(23)19(16(14)21)11-4-3-5-12(8-11)22-2/h3-9H,1-2H3,(H,18,20,23)/b14-9+. The summed E-state index contributed by atoms with van der Waals surface area (Å²) in [6.07, 6.45) is 1.59. The topological polar surface area (TPSA) is 58.6 Å². The summed E-state index contributed by atoms with van der Waals surface area (Å²) in [5.41, 5.74) is 0.589. The summed E-state index contributed by atoms with van der Waals surface area (Å²) < 4.78 is 5.18. The van der Waals surface area contributed by atoms with Crippen LogP contribution in [0.25, 0.3) is 6.08 Å². The predicted molar refractivity (Wildman–Crippen MR) is 98.3 cm³/mol. The van der Waals surface area contributed by atoms with Crippen molar-refractivity contribution in [3.8, 4) is 5.75 Å². The zero-order valence-electron chi connectivity index (χ0n) is 13.0. The van der Waals surface area contributed by atoms with E-state index in [1.807, 2.05) is 19.1 Å². The van der Waals surface area contributed by atoms with Crippen LogP contribution in [0.1, 0.15) is 9.75 Å². The molecule has 1 saturated heterocycles. The van der Waals surface area contributed by atoms with Gasteiger partial charge in [0.1, 0.15) is 11.3 Å². The molecule has 5 nitrogen and oxygen atoms in total. The lowest BCUT2D eigenvalue weighted by Crippen LogP contribution is -2.54. The number of anilines is 1. The number of aryl methyl sites for hydroxylation is 1. The van der Waals surface area contributed by atoms with Crippen LogP contribution in [0.3, 0.4) is 0 Å². The van der Waals surface area contributed by atoms with Crippen LogP contribution in [-0.4, -0.2) is 24.0 Å². The first kappa shape index (κ1) is 16.4. The Bertz CT molecular complexity index is 870. The van der Waals surface area contributed by atoms with Gasteiger partial charge in [-0.1, -0.05) is 6.07 Å². The Kier molecular flexibility index (Phi) is 4.46. The fourth-order valence-electron chi connectivity index (χ4n) is 2.31. The molecule has 3 rings (SSSR count). The van der Waals surface area contributed by atoms with E-state index in [9.17, 15) is 9.59 Å². The highest BCUT2D eigenvalue weighted by Crippen LogP contribution is 2.26. The Morgan fingerprint density at radius 1 is 1.25 bits per heavy atom. The highest BCUT2D eigenvalue weighted by Gasteiger charge is 2.34. The maximum Gasteiger partial charge on any atom is 0.270 e. The van der Waals surface area contributed by atoms with Crippen molar-refractivity contribution in [2.45, 2.75) is 6.92 Å². The molecule has 0 aliphatic carbocycles. The predicted octanol–water partition coefficient (Wildman–Crippen LogP) is 2.90. The summed E-state index contributed by atoms with van der Waals surface area (Å²) in [7, 11) is 1.54. The molecule has 0 radical (unpaired) electrons. The number of rotatable bonds is 3. The van der Waals surface area contributed by atoms with E-state index < -0.39 is 11.8 Å². The monoisotopic (exact) mass is 358 g/mol. The molecule has 0 unspecified atom stereocenters. The third-order valence-corrected chi connectivity index (χ3v) is 4.69. The van der Waals surface area contributed by atoms with Gasteiger partial charge in [-0.3, -0.25) is 19.8 Å². The molecule has 1 aliphatic rings. The molecule has 1 aromatic carbocycles. The first-order valence-electron chi connectivity index (χ1n) is 7.11. The number of benzene rings is 1. The lowest BCUT2D eigenvalue weighted by atomic mass is 10.1. The Morgan fingerprint density at radius 2 is 2.04 bits per heavy atom. The van der Waals surface area contributed by atoms with Crippen molar-refractivity contribution in [2.75, 3.05) is 12.0 Å². The van der Waals surface area contributed by atoms with Crippen molar-refractivity contribution in [1.82, 2.24) is 5.32 Å². The first-order chi connectivity index (χ1) is 11.5. The third-order valence-electron chi connectivity index (χ3n) is 3.46. The highest BCUT2D eigenvalue weighted by atomic mass is 32.1. The molecule has 2 amide bonds. The minimum Gasteiger partial charge on any atom is -0.497 e. The maximum atomic E-state index is 12.8. The minimum absolute atomic E-state index is 0.0493. The number of amides is 2. The van der Waals surface area contributed by atoms with Gasteiger partial charge in [-0.2, -0.15) is 0 Å². The van der Waals surface area contributed by atoms with E-state index in [0.29, 0.717) is 11.4 Å². The van der Waals surface area contributed by atoms with E-state index in [1.165, 1.54) is 16.2 Å². The Balaban J connectivity index is 2.01. The molecule has 2 heterocycles. The average Bonchev–Trinajstić information content (AvgIpc) is 2.96. The SMILES string of the molecule is COc1cccc(N2C(=O)/C(=C/c3ccc(C)s3)C(=O)NC2=S)c1. The van der Waals surface area contributed by atoms with Crippen molar-refractivity contribution in [2.24, 2.45) is 0 Å². The summed E-state index contributed by atoms with van der Waals surface area (Å²) >= 11 is 6.68. The Morgan fingerprint density at radius 3 is 2.71 bits per heavy atom. The van der Waals surface area contributed by atoms with Gasteiger partial charge in [-0.05, 0) is 49.5 Å². The van der Waals surface area contributed by atoms with Gasteiger partial charge in [0, 0.05) is 15.8 Å². The van der Waals surface area contributed by atoms with Crippen LogP contribution in [-0.2, 0) is 9.59 Å². The summed E-state index contributed by atoms with van der Waals surface area (Å²) in [5.74, 6) is -0.349. The van der Waals surface area contributed by atoms with Gasteiger partial charge >= 0.3 is 0 Å². The molecule has 24 heavy (non-hydrogen) atoms. The van der Waals surface area contributed by atoms with Crippen LogP contribution < -0.4 is 15.0 Å². The second-order valence-electron chi connectivity index (χ2n) is 5.11. The van der Waals surface area contributed by atoms with Gasteiger partial charge in [-0.15, -0.1) is 11.3 Å². The van der Waals surface area contributed by atoms with E-state index in [1.54, 1.807) is 37.5 Å². The molecule has 2 aromatic rings. The number of nitrogens with one attached hydrogen (secondary N) is 1. The summed E-state index contributed by atoms with van der Waals surface area (Å²) in [5, 5.41) is 2.62. The Hall–Kier alpha value is -2.51. The molecular weight excluding hydrogens is 344 g/mol. The fourth-order valence-corrected chi connectivity index (χ4v) is 3.42. The van der Waals surface area contributed by atoms with E-state index >= 15 is 0 Å². The average molecular weight is 358 g/mol. The Labute approximate surface area is 148 Å². The fraction of sp³-hybridized carbons (Fsp3) is 0.118. The summed E-state index contributed by atoms with van der Waals surface area (Å²) in [6, 6.07) is 10.8. The maximum absolute atomic E-state index is 12.8. The number of thiophene rings is 1. The number of methoxy groups -OCH3 is 1. The number of thiocarbonyl (C=S) groups is 1. The normalized spacial score (nSPS) is 16.5. The molecule has 122 valence electrons. The quantitative estimate of drug-likeness (QED) is 0.521. The molecule has 1 aromatic heterocycles. The number of carbonyl (C=O) groups excluding carboxylic acids is 2. The second kappa shape index (κ2) is 6.54. The van der Waals surface area contributed by atoms with Crippen LogP contribution in [0.2, 0.25) is 0 Å². The van der Waals surface area contributed by atoms with E-state index in [0.717, 1.165) is 9.75 Å². The third kappa shape index (κ3) is 3.08. The van der Waals surface area contributed by atoms with Gasteiger partial charge in [0.15, 0.2) is 5.11 Å². The lowest BCUT2D eigenvalue weighted by Gasteiger charge is -2.29. The van der Waals surface area contributed by atoms with E-state index in [2.05, 4.69) is 5.32 Å². The summed E-state index contributed by atoms with van der Waals surface area (Å²) in [6.45, 7) is 1.97. The zero-order valence-corrected chi connectivity index (χ0v) is 14.7. The number of hydrogen-bond acceptors (Lipinski definition) is 5. The van der Waals surface area contributed by atoms with Crippen LogP contribution in [0.15, 0.2) is 42.0 Å². The van der Waals surface area contributed by atoms with E-state index in [4.69, 9.17) is 17.0 Å². The zero-order chi connectivity index (χ0) is 17.3. The summed E-state index contributed by atoms with van der Waals surface area (Å²) in [4.78, 5) is 28.3. The highest BCUT2D eigenvalue weighted by molar-refractivity contribution is 7.80. The largest absolute Gasteiger partial charge is 0.497 e. The lowest BCUT2D eigenvalue weighted by molar-refractivity contribution is -0.122. The van der Waals surface area contributed by atoms with Crippen LogP contribution in [0.5, 0.6) is 5.75 Å². The van der Waals surface area contributed by atoms with Crippen molar-refractivity contribution in [1.29, 1.82) is 0 Å². The van der Waals surface area contributed by atoms with Crippen LogP contribution in [0, 0.1) is 6.92 Å². The number of carbonyl (C=O) groups is 2. The van der Waals surface area contributed by atoms with Gasteiger partial charge in [0.2, 0.25) is 0 Å².